The maximum Gasteiger partial charge on any atom is 0.150 e. The molecule has 0 aliphatic carbocycles. The highest BCUT2D eigenvalue weighted by molar-refractivity contribution is 7.91. The number of nitrogens with two attached hydrogens (primary N) is 1. The molecule has 0 aromatic heterocycles. The van der Waals surface area contributed by atoms with Crippen molar-refractivity contribution in [1.29, 1.82) is 0 Å². The molecule has 3 nitrogen and oxygen atoms in total. The van der Waals surface area contributed by atoms with Crippen molar-refractivity contribution in [3.63, 3.8) is 0 Å². The third kappa shape index (κ3) is 3.00. The van der Waals surface area contributed by atoms with Gasteiger partial charge >= 0.3 is 0 Å². The number of halogens is 1. The Labute approximate surface area is 107 Å². The fourth-order valence-corrected chi connectivity index (χ4v) is 4.70. The maximum absolute atomic E-state index is 11.6. The lowest BCUT2D eigenvalue weighted by molar-refractivity contribution is 0.344. The molecule has 2 N–H and O–H groups in total. The molecule has 0 bridgehead atoms. The van der Waals surface area contributed by atoms with E-state index in [1.165, 1.54) is 0 Å². The monoisotopic (exact) mass is 273 g/mol. The van der Waals surface area contributed by atoms with Crippen LogP contribution in [0.3, 0.4) is 0 Å². The van der Waals surface area contributed by atoms with Gasteiger partial charge in [0.2, 0.25) is 0 Å². The van der Waals surface area contributed by atoms with Gasteiger partial charge in [-0.3, -0.25) is 0 Å². The van der Waals surface area contributed by atoms with E-state index in [-0.39, 0.29) is 16.9 Å². The van der Waals surface area contributed by atoms with Crippen molar-refractivity contribution in [2.24, 2.45) is 11.1 Å². The zero-order valence-electron chi connectivity index (χ0n) is 9.52. The van der Waals surface area contributed by atoms with Gasteiger partial charge in [0, 0.05) is 10.4 Å². The largest absolute Gasteiger partial charge is 0.330 e. The molecule has 1 unspecified atom stereocenters. The van der Waals surface area contributed by atoms with Crippen molar-refractivity contribution in [1.82, 2.24) is 0 Å². The molecule has 1 aliphatic heterocycles. The van der Waals surface area contributed by atoms with Crippen LogP contribution in [0.5, 0.6) is 0 Å². The van der Waals surface area contributed by atoms with Crippen LogP contribution in [0.15, 0.2) is 24.3 Å². The van der Waals surface area contributed by atoms with Gasteiger partial charge in [0.15, 0.2) is 9.84 Å². The minimum Gasteiger partial charge on any atom is -0.330 e. The van der Waals surface area contributed by atoms with E-state index in [0.717, 1.165) is 5.56 Å². The average Bonchev–Trinajstić information content (AvgIpc) is 2.59. The summed E-state index contributed by atoms with van der Waals surface area (Å²) < 4.78 is 23.1. The topological polar surface area (TPSA) is 60.2 Å². The summed E-state index contributed by atoms with van der Waals surface area (Å²) in [4.78, 5) is 0. The summed E-state index contributed by atoms with van der Waals surface area (Å²) in [6, 6.07) is 7.52. The second-order valence-corrected chi connectivity index (χ2v) is 7.47. The standard InChI is InChI=1S/C12H16ClNO2S/c13-11-3-1-10(2-4-11)7-12(8-14)5-6-17(15,16)9-12/h1-4H,5-9,14H2. The molecule has 1 fully saturated rings. The second kappa shape index (κ2) is 4.59. The lowest BCUT2D eigenvalue weighted by Gasteiger charge is -2.25. The van der Waals surface area contributed by atoms with Gasteiger partial charge in [-0.15, -0.1) is 0 Å². The Morgan fingerprint density at radius 1 is 1.29 bits per heavy atom. The molecule has 0 amide bonds. The molecule has 1 atom stereocenters. The van der Waals surface area contributed by atoms with E-state index in [9.17, 15) is 8.42 Å². The number of hydrogen-bond donors (Lipinski definition) is 1. The minimum atomic E-state index is -2.90. The Morgan fingerprint density at radius 2 is 1.94 bits per heavy atom. The Morgan fingerprint density at radius 3 is 2.41 bits per heavy atom. The van der Waals surface area contributed by atoms with Crippen LogP contribution in [-0.2, 0) is 16.3 Å². The number of hydrogen-bond acceptors (Lipinski definition) is 3. The average molecular weight is 274 g/mol. The van der Waals surface area contributed by atoms with E-state index >= 15 is 0 Å². The van der Waals surface area contributed by atoms with Crippen LogP contribution in [0.4, 0.5) is 0 Å². The molecule has 2 rings (SSSR count). The molecule has 5 heteroatoms. The van der Waals surface area contributed by atoms with E-state index in [1.54, 1.807) is 0 Å². The number of rotatable bonds is 3. The SMILES string of the molecule is NCC1(Cc2ccc(Cl)cc2)CCS(=O)(=O)C1. The van der Waals surface area contributed by atoms with Crippen LogP contribution < -0.4 is 5.73 Å². The molecule has 17 heavy (non-hydrogen) atoms. The molecular weight excluding hydrogens is 258 g/mol. The van der Waals surface area contributed by atoms with Gasteiger partial charge in [0.05, 0.1) is 11.5 Å². The van der Waals surface area contributed by atoms with Crippen molar-refractivity contribution < 1.29 is 8.42 Å². The van der Waals surface area contributed by atoms with E-state index in [1.807, 2.05) is 24.3 Å². The van der Waals surface area contributed by atoms with Crippen LogP contribution >= 0.6 is 11.6 Å². The molecule has 1 saturated heterocycles. The summed E-state index contributed by atoms with van der Waals surface area (Å²) in [5.74, 6) is 0.469. The summed E-state index contributed by atoms with van der Waals surface area (Å²) in [5, 5.41) is 0.689. The van der Waals surface area contributed by atoms with Gasteiger partial charge in [0.1, 0.15) is 0 Å². The van der Waals surface area contributed by atoms with Gasteiger partial charge in [-0.2, -0.15) is 0 Å². The number of sulfone groups is 1. The predicted octanol–water partition coefficient (Wildman–Crippen LogP) is 1.65. The van der Waals surface area contributed by atoms with Crippen molar-refractivity contribution in [3.8, 4) is 0 Å². The minimum absolute atomic E-state index is 0.207. The van der Waals surface area contributed by atoms with Gasteiger partial charge in [-0.25, -0.2) is 8.42 Å². The summed E-state index contributed by atoms with van der Waals surface area (Å²) in [6.07, 6.45) is 1.37. The maximum atomic E-state index is 11.6. The van der Waals surface area contributed by atoms with Crippen LogP contribution in [0.1, 0.15) is 12.0 Å². The summed E-state index contributed by atoms with van der Waals surface area (Å²) >= 11 is 5.82. The van der Waals surface area contributed by atoms with Crippen LogP contribution in [-0.4, -0.2) is 26.5 Å². The first-order chi connectivity index (χ1) is 7.95. The predicted molar refractivity (Wildman–Crippen MR) is 69.9 cm³/mol. The molecular formula is C12H16ClNO2S. The van der Waals surface area contributed by atoms with Gasteiger partial charge in [-0.1, -0.05) is 23.7 Å². The van der Waals surface area contributed by atoms with Gasteiger partial charge in [0.25, 0.3) is 0 Å². The zero-order valence-corrected chi connectivity index (χ0v) is 11.1. The smallest absolute Gasteiger partial charge is 0.150 e. The van der Waals surface area contributed by atoms with Crippen LogP contribution in [0.2, 0.25) is 5.02 Å². The molecule has 1 heterocycles. The molecule has 1 aromatic rings. The molecule has 1 aromatic carbocycles. The Balaban J connectivity index is 2.18. The van der Waals surface area contributed by atoms with Crippen LogP contribution in [0.25, 0.3) is 0 Å². The highest BCUT2D eigenvalue weighted by Gasteiger charge is 2.41. The Kier molecular flexibility index (Phi) is 3.48. The first-order valence-corrected chi connectivity index (χ1v) is 7.80. The fourth-order valence-electron chi connectivity index (χ4n) is 2.39. The third-order valence-corrected chi connectivity index (χ3v) is 5.53. The third-order valence-electron chi connectivity index (χ3n) is 3.39. The Bertz CT molecular complexity index is 498. The molecule has 1 aliphatic rings. The van der Waals surface area contributed by atoms with Gasteiger partial charge < -0.3 is 5.73 Å². The molecule has 94 valence electrons. The molecule has 0 spiro atoms. The van der Waals surface area contributed by atoms with E-state index in [4.69, 9.17) is 17.3 Å². The quantitative estimate of drug-likeness (QED) is 0.911. The molecule has 0 saturated carbocycles. The van der Waals surface area contributed by atoms with E-state index in [0.29, 0.717) is 24.4 Å². The molecule has 0 radical (unpaired) electrons. The van der Waals surface area contributed by atoms with Gasteiger partial charge in [-0.05, 0) is 37.1 Å². The lowest BCUT2D eigenvalue weighted by atomic mass is 9.81. The highest BCUT2D eigenvalue weighted by Crippen LogP contribution is 2.34. The zero-order chi connectivity index (χ0) is 12.5. The van der Waals surface area contributed by atoms with Crippen molar-refractivity contribution in [3.05, 3.63) is 34.9 Å². The van der Waals surface area contributed by atoms with Crippen molar-refractivity contribution in [2.75, 3.05) is 18.1 Å². The van der Waals surface area contributed by atoms with E-state index < -0.39 is 9.84 Å². The first-order valence-electron chi connectivity index (χ1n) is 5.60. The number of benzene rings is 1. The van der Waals surface area contributed by atoms with Crippen molar-refractivity contribution >= 4 is 21.4 Å². The highest BCUT2D eigenvalue weighted by atomic mass is 35.5. The lowest BCUT2D eigenvalue weighted by Crippen LogP contribution is -2.34. The van der Waals surface area contributed by atoms with E-state index in [2.05, 4.69) is 0 Å². The Hall–Kier alpha value is -0.580. The first kappa shape index (κ1) is 12.9. The van der Waals surface area contributed by atoms with Crippen molar-refractivity contribution in [2.45, 2.75) is 12.8 Å². The normalized spacial score (nSPS) is 27.2. The van der Waals surface area contributed by atoms with Crippen LogP contribution in [0, 0.1) is 5.41 Å². The summed E-state index contributed by atoms with van der Waals surface area (Å²) in [6.45, 7) is 0.412. The fraction of sp³-hybridized carbons (Fsp3) is 0.500. The summed E-state index contributed by atoms with van der Waals surface area (Å²) in [7, 11) is -2.90. The summed E-state index contributed by atoms with van der Waals surface area (Å²) in [5.41, 5.74) is 6.59. The second-order valence-electron chi connectivity index (χ2n) is 4.85.